The van der Waals surface area contributed by atoms with Crippen molar-refractivity contribution in [3.05, 3.63) is 23.3 Å². The molecule has 1 aromatic carbocycles. The standard InChI is InChI=1S/C18H27NO2/c1-4-20-17-9-15-8-12(2)21-18(15)10-16(17)11-19-13(3)14-6-5-7-14/h9-10,12-14,19H,4-8,11H2,1-3H3. The molecule has 1 heterocycles. The largest absolute Gasteiger partial charge is 0.494 e. The lowest BCUT2D eigenvalue weighted by atomic mass is 9.80. The Morgan fingerprint density at radius 3 is 2.86 bits per heavy atom. The van der Waals surface area contributed by atoms with Crippen LogP contribution in [0, 0.1) is 5.92 Å². The number of fused-ring (bicyclic) bond motifs is 1. The molecule has 0 amide bonds. The minimum absolute atomic E-state index is 0.284. The highest BCUT2D eigenvalue weighted by Gasteiger charge is 2.25. The molecule has 3 nitrogen and oxygen atoms in total. The molecule has 1 aromatic rings. The number of hydrogen-bond donors (Lipinski definition) is 1. The van der Waals surface area contributed by atoms with Crippen molar-refractivity contribution in [2.24, 2.45) is 5.92 Å². The van der Waals surface area contributed by atoms with Gasteiger partial charge < -0.3 is 14.8 Å². The molecule has 0 aromatic heterocycles. The number of rotatable bonds is 6. The molecule has 2 unspecified atom stereocenters. The lowest BCUT2D eigenvalue weighted by molar-refractivity contribution is 0.238. The second-order valence-corrected chi connectivity index (χ2v) is 6.49. The van der Waals surface area contributed by atoms with Gasteiger partial charge in [0.25, 0.3) is 0 Å². The molecule has 1 aliphatic carbocycles. The first-order chi connectivity index (χ1) is 10.2. The summed E-state index contributed by atoms with van der Waals surface area (Å²) in [6.07, 6.45) is 5.41. The zero-order valence-electron chi connectivity index (χ0n) is 13.4. The first-order valence-electron chi connectivity index (χ1n) is 8.36. The maximum atomic E-state index is 5.88. The predicted molar refractivity (Wildman–Crippen MR) is 85.0 cm³/mol. The molecule has 2 aliphatic rings. The van der Waals surface area contributed by atoms with Gasteiger partial charge in [0.15, 0.2) is 0 Å². The molecular formula is C18H27NO2. The Morgan fingerprint density at radius 1 is 1.38 bits per heavy atom. The minimum Gasteiger partial charge on any atom is -0.494 e. The topological polar surface area (TPSA) is 30.5 Å². The van der Waals surface area contributed by atoms with E-state index in [-0.39, 0.29) is 6.10 Å². The Morgan fingerprint density at radius 2 is 2.19 bits per heavy atom. The fraction of sp³-hybridized carbons (Fsp3) is 0.667. The monoisotopic (exact) mass is 289 g/mol. The van der Waals surface area contributed by atoms with Crippen LogP contribution in [-0.4, -0.2) is 18.8 Å². The van der Waals surface area contributed by atoms with Gasteiger partial charge in [-0.2, -0.15) is 0 Å². The lowest BCUT2D eigenvalue weighted by Gasteiger charge is -2.32. The summed E-state index contributed by atoms with van der Waals surface area (Å²) in [4.78, 5) is 0. The molecular weight excluding hydrogens is 262 g/mol. The first-order valence-corrected chi connectivity index (χ1v) is 8.36. The van der Waals surface area contributed by atoms with Crippen LogP contribution >= 0.6 is 0 Å². The van der Waals surface area contributed by atoms with Crippen LogP contribution in [0.5, 0.6) is 11.5 Å². The first kappa shape index (κ1) is 14.7. The summed E-state index contributed by atoms with van der Waals surface area (Å²) >= 11 is 0. The second kappa shape index (κ2) is 6.27. The van der Waals surface area contributed by atoms with Crippen LogP contribution < -0.4 is 14.8 Å². The van der Waals surface area contributed by atoms with Crippen molar-refractivity contribution >= 4 is 0 Å². The Kier molecular flexibility index (Phi) is 4.39. The maximum absolute atomic E-state index is 5.88. The zero-order valence-corrected chi connectivity index (χ0v) is 13.4. The molecule has 3 heteroatoms. The fourth-order valence-electron chi connectivity index (χ4n) is 3.29. The molecule has 0 spiro atoms. The van der Waals surface area contributed by atoms with Gasteiger partial charge in [0.2, 0.25) is 0 Å². The van der Waals surface area contributed by atoms with Gasteiger partial charge in [-0.05, 0) is 51.7 Å². The zero-order chi connectivity index (χ0) is 14.8. The third-order valence-corrected chi connectivity index (χ3v) is 4.85. The lowest BCUT2D eigenvalue weighted by Crippen LogP contribution is -2.36. The van der Waals surface area contributed by atoms with Gasteiger partial charge in [-0.15, -0.1) is 0 Å². The average Bonchev–Trinajstić information content (AvgIpc) is 2.73. The van der Waals surface area contributed by atoms with Crippen LogP contribution in [0.15, 0.2) is 12.1 Å². The Labute approximate surface area is 128 Å². The molecule has 3 rings (SSSR count). The smallest absolute Gasteiger partial charge is 0.124 e. The van der Waals surface area contributed by atoms with E-state index in [9.17, 15) is 0 Å². The third-order valence-electron chi connectivity index (χ3n) is 4.85. The molecule has 1 aliphatic heterocycles. The van der Waals surface area contributed by atoms with Crippen molar-refractivity contribution in [3.63, 3.8) is 0 Å². The van der Waals surface area contributed by atoms with Crippen LogP contribution in [0.25, 0.3) is 0 Å². The Balaban J connectivity index is 1.71. The SMILES string of the molecule is CCOc1cc2c(cc1CNC(C)C1CCC1)OC(C)C2. The van der Waals surface area contributed by atoms with E-state index < -0.39 is 0 Å². The number of benzene rings is 1. The van der Waals surface area contributed by atoms with Crippen LogP contribution in [0.3, 0.4) is 0 Å². The van der Waals surface area contributed by atoms with Gasteiger partial charge in [0, 0.05) is 30.1 Å². The Bertz CT molecular complexity index is 496. The number of hydrogen-bond acceptors (Lipinski definition) is 3. The third kappa shape index (κ3) is 3.18. The van der Waals surface area contributed by atoms with Gasteiger partial charge in [0.1, 0.15) is 17.6 Å². The van der Waals surface area contributed by atoms with Gasteiger partial charge in [-0.25, -0.2) is 0 Å². The molecule has 1 saturated carbocycles. The van der Waals surface area contributed by atoms with Gasteiger partial charge in [0.05, 0.1) is 6.61 Å². The van der Waals surface area contributed by atoms with Gasteiger partial charge >= 0.3 is 0 Å². The highest BCUT2D eigenvalue weighted by Crippen LogP contribution is 2.35. The van der Waals surface area contributed by atoms with Gasteiger partial charge in [-0.1, -0.05) is 6.42 Å². The van der Waals surface area contributed by atoms with Crippen LogP contribution in [0.1, 0.15) is 51.2 Å². The van der Waals surface area contributed by atoms with Crippen molar-refractivity contribution in [1.82, 2.24) is 5.32 Å². The average molecular weight is 289 g/mol. The number of nitrogens with one attached hydrogen (secondary N) is 1. The summed E-state index contributed by atoms with van der Waals surface area (Å²) in [6, 6.07) is 4.93. The van der Waals surface area contributed by atoms with Crippen molar-refractivity contribution < 1.29 is 9.47 Å². The summed E-state index contributed by atoms with van der Waals surface area (Å²) in [6.45, 7) is 8.03. The van der Waals surface area contributed by atoms with Crippen LogP contribution in [0.4, 0.5) is 0 Å². The minimum atomic E-state index is 0.284. The van der Waals surface area contributed by atoms with E-state index in [1.165, 1.54) is 30.4 Å². The molecule has 116 valence electrons. The summed E-state index contributed by atoms with van der Waals surface area (Å²) in [7, 11) is 0. The summed E-state index contributed by atoms with van der Waals surface area (Å²) < 4.78 is 11.7. The van der Waals surface area contributed by atoms with Crippen molar-refractivity contribution in [3.8, 4) is 11.5 Å². The summed E-state index contributed by atoms with van der Waals surface area (Å²) in [5.41, 5.74) is 2.50. The summed E-state index contributed by atoms with van der Waals surface area (Å²) in [5, 5.41) is 3.67. The molecule has 2 atom stereocenters. The fourth-order valence-corrected chi connectivity index (χ4v) is 3.29. The van der Waals surface area contributed by atoms with E-state index in [0.717, 1.165) is 30.4 Å². The van der Waals surface area contributed by atoms with Crippen molar-refractivity contribution in [2.45, 2.75) is 65.1 Å². The summed E-state index contributed by atoms with van der Waals surface area (Å²) in [5.74, 6) is 2.91. The molecule has 21 heavy (non-hydrogen) atoms. The van der Waals surface area contributed by atoms with E-state index >= 15 is 0 Å². The Hall–Kier alpha value is -1.22. The highest BCUT2D eigenvalue weighted by molar-refractivity contribution is 5.48. The second-order valence-electron chi connectivity index (χ2n) is 6.49. The molecule has 0 bridgehead atoms. The van der Waals surface area contributed by atoms with Crippen LogP contribution in [0.2, 0.25) is 0 Å². The van der Waals surface area contributed by atoms with E-state index in [1.54, 1.807) is 0 Å². The highest BCUT2D eigenvalue weighted by atomic mass is 16.5. The molecule has 0 saturated heterocycles. The molecule has 0 radical (unpaired) electrons. The maximum Gasteiger partial charge on any atom is 0.124 e. The van der Waals surface area contributed by atoms with Crippen molar-refractivity contribution in [1.29, 1.82) is 0 Å². The van der Waals surface area contributed by atoms with E-state index in [4.69, 9.17) is 9.47 Å². The normalized spacial score (nSPS) is 22.3. The molecule has 1 fully saturated rings. The van der Waals surface area contributed by atoms with Crippen molar-refractivity contribution in [2.75, 3.05) is 6.61 Å². The van der Waals surface area contributed by atoms with E-state index in [2.05, 4.69) is 31.3 Å². The van der Waals surface area contributed by atoms with E-state index in [0.29, 0.717) is 12.6 Å². The molecule has 1 N–H and O–H groups in total. The van der Waals surface area contributed by atoms with Gasteiger partial charge in [-0.3, -0.25) is 0 Å². The van der Waals surface area contributed by atoms with E-state index in [1.807, 2.05) is 6.92 Å². The quantitative estimate of drug-likeness (QED) is 0.866. The number of ether oxygens (including phenoxy) is 2. The predicted octanol–water partition coefficient (Wildman–Crippen LogP) is 3.69. The van der Waals surface area contributed by atoms with Crippen LogP contribution in [-0.2, 0) is 13.0 Å².